The molecular weight excluding hydrogens is 410 g/mol. The Hall–Kier alpha value is -4.14. The molecule has 0 aliphatic heterocycles. The fraction of sp³-hybridized carbons (Fsp3) is 0.217. The van der Waals surface area contributed by atoms with Crippen LogP contribution in [0.4, 0.5) is 5.69 Å². The van der Waals surface area contributed by atoms with Crippen LogP contribution in [-0.2, 0) is 11.3 Å². The van der Waals surface area contributed by atoms with E-state index in [1.54, 1.807) is 30.3 Å². The van der Waals surface area contributed by atoms with Gasteiger partial charge in [0.1, 0.15) is 18.0 Å². The van der Waals surface area contributed by atoms with E-state index in [2.05, 4.69) is 15.5 Å². The molecule has 0 saturated heterocycles. The predicted molar refractivity (Wildman–Crippen MR) is 120 cm³/mol. The van der Waals surface area contributed by atoms with Crippen molar-refractivity contribution in [2.24, 2.45) is 0 Å². The zero-order valence-electron chi connectivity index (χ0n) is 18.2. The van der Waals surface area contributed by atoms with Crippen molar-refractivity contribution in [2.45, 2.75) is 20.4 Å². The van der Waals surface area contributed by atoms with Crippen LogP contribution in [0.3, 0.4) is 0 Å². The van der Waals surface area contributed by atoms with Gasteiger partial charge in [-0.15, -0.1) is 5.10 Å². The minimum absolute atomic E-state index is 0.263. The van der Waals surface area contributed by atoms with Crippen LogP contribution in [-0.4, -0.2) is 39.5 Å². The Morgan fingerprint density at radius 3 is 2.31 bits per heavy atom. The fourth-order valence-corrected chi connectivity index (χ4v) is 3.28. The molecule has 0 radical (unpaired) electrons. The van der Waals surface area contributed by atoms with Crippen molar-refractivity contribution in [2.75, 3.05) is 19.5 Å². The molecule has 0 saturated carbocycles. The van der Waals surface area contributed by atoms with Crippen LogP contribution in [0.25, 0.3) is 16.9 Å². The lowest BCUT2D eigenvalue weighted by Gasteiger charge is -2.09. The van der Waals surface area contributed by atoms with Gasteiger partial charge in [0, 0.05) is 29.4 Å². The van der Waals surface area contributed by atoms with Crippen molar-refractivity contribution < 1.29 is 14.3 Å². The predicted octanol–water partition coefficient (Wildman–Crippen LogP) is 2.83. The molecule has 0 atom stereocenters. The molecule has 2 aromatic heterocycles. The maximum atomic E-state index is 12.8. The van der Waals surface area contributed by atoms with E-state index in [1.165, 1.54) is 24.3 Å². The van der Waals surface area contributed by atoms with Crippen molar-refractivity contribution in [3.63, 3.8) is 0 Å². The summed E-state index contributed by atoms with van der Waals surface area (Å²) in [6.07, 6.45) is 0. The molecule has 4 rings (SSSR count). The van der Waals surface area contributed by atoms with Gasteiger partial charge in [0.25, 0.3) is 0 Å². The number of nitrogens with one attached hydrogen (secondary N) is 1. The Labute approximate surface area is 184 Å². The standard InChI is InChI=1S/C23H23N5O4/c1-14-5-6-16(9-15(14)2)20-7-8-21-26-27(23(30)28(21)25-20)13-22(29)24-17-10-18(31-3)12-19(11-17)32-4/h5-12H,13H2,1-4H3,(H,24,29). The number of fused-ring (bicyclic) bond motifs is 1. The highest BCUT2D eigenvalue weighted by Crippen LogP contribution is 2.25. The molecule has 9 heteroatoms. The van der Waals surface area contributed by atoms with Gasteiger partial charge in [-0.2, -0.15) is 9.61 Å². The number of aryl methyl sites for hydroxylation is 2. The molecule has 9 nitrogen and oxygen atoms in total. The van der Waals surface area contributed by atoms with Crippen LogP contribution >= 0.6 is 0 Å². The average Bonchev–Trinajstić information content (AvgIpc) is 3.09. The van der Waals surface area contributed by atoms with Crippen molar-refractivity contribution in [3.8, 4) is 22.8 Å². The fourth-order valence-electron chi connectivity index (χ4n) is 3.28. The van der Waals surface area contributed by atoms with Crippen LogP contribution in [0.5, 0.6) is 11.5 Å². The van der Waals surface area contributed by atoms with Gasteiger partial charge in [-0.3, -0.25) is 4.79 Å². The van der Waals surface area contributed by atoms with Crippen LogP contribution < -0.4 is 20.5 Å². The smallest absolute Gasteiger partial charge is 0.367 e. The monoisotopic (exact) mass is 433 g/mol. The number of anilines is 1. The third kappa shape index (κ3) is 4.18. The first-order valence-corrected chi connectivity index (χ1v) is 9.95. The number of hydrogen-bond donors (Lipinski definition) is 1. The van der Waals surface area contributed by atoms with Crippen molar-refractivity contribution >= 4 is 17.2 Å². The number of hydrogen-bond acceptors (Lipinski definition) is 6. The summed E-state index contributed by atoms with van der Waals surface area (Å²) >= 11 is 0. The molecule has 1 N–H and O–H groups in total. The van der Waals surface area contributed by atoms with E-state index in [9.17, 15) is 9.59 Å². The Bertz CT molecular complexity index is 1350. The molecule has 0 bridgehead atoms. The third-order valence-electron chi connectivity index (χ3n) is 5.17. The normalized spacial score (nSPS) is 10.9. The lowest BCUT2D eigenvalue weighted by atomic mass is 10.0. The van der Waals surface area contributed by atoms with Crippen LogP contribution in [0.2, 0.25) is 0 Å². The molecule has 2 aromatic carbocycles. The number of nitrogens with zero attached hydrogens (tertiary/aromatic N) is 4. The number of carbonyl (C=O) groups is 1. The highest BCUT2D eigenvalue weighted by molar-refractivity contribution is 5.91. The first kappa shape index (κ1) is 21.1. The second kappa shape index (κ2) is 8.54. The molecule has 1 amide bonds. The topological polar surface area (TPSA) is 99.7 Å². The summed E-state index contributed by atoms with van der Waals surface area (Å²) in [5, 5.41) is 11.4. The second-order valence-electron chi connectivity index (χ2n) is 7.38. The maximum absolute atomic E-state index is 12.8. The van der Waals surface area contributed by atoms with Gasteiger partial charge in [-0.05, 0) is 43.2 Å². The molecule has 164 valence electrons. The number of carbonyl (C=O) groups excluding carboxylic acids is 1. The number of amides is 1. The van der Waals surface area contributed by atoms with Gasteiger partial charge in [-0.25, -0.2) is 9.48 Å². The summed E-state index contributed by atoms with van der Waals surface area (Å²) in [6, 6.07) is 14.5. The Morgan fingerprint density at radius 1 is 0.938 bits per heavy atom. The van der Waals surface area contributed by atoms with Crippen LogP contribution in [0.15, 0.2) is 53.3 Å². The molecule has 32 heavy (non-hydrogen) atoms. The molecule has 4 aromatic rings. The Morgan fingerprint density at radius 2 is 1.66 bits per heavy atom. The summed E-state index contributed by atoms with van der Waals surface area (Å²) in [4.78, 5) is 25.3. The number of ether oxygens (including phenoxy) is 2. The number of benzene rings is 2. The molecule has 2 heterocycles. The zero-order chi connectivity index (χ0) is 22.8. The van der Waals surface area contributed by atoms with Gasteiger partial charge in [0.2, 0.25) is 5.91 Å². The van der Waals surface area contributed by atoms with Crippen molar-refractivity contribution in [1.29, 1.82) is 0 Å². The molecule has 0 unspecified atom stereocenters. The lowest BCUT2D eigenvalue weighted by molar-refractivity contribution is -0.117. The second-order valence-corrected chi connectivity index (χ2v) is 7.38. The highest BCUT2D eigenvalue weighted by Gasteiger charge is 2.14. The van der Waals surface area contributed by atoms with Crippen LogP contribution in [0.1, 0.15) is 11.1 Å². The van der Waals surface area contributed by atoms with E-state index >= 15 is 0 Å². The van der Waals surface area contributed by atoms with Gasteiger partial charge in [-0.1, -0.05) is 12.1 Å². The van der Waals surface area contributed by atoms with Crippen LogP contribution in [0, 0.1) is 13.8 Å². The molecule has 0 spiro atoms. The number of aromatic nitrogens is 4. The lowest BCUT2D eigenvalue weighted by Crippen LogP contribution is -2.28. The SMILES string of the molecule is COc1cc(NC(=O)Cn2nc3ccc(-c4ccc(C)c(C)c4)nn3c2=O)cc(OC)c1. The van der Waals surface area contributed by atoms with Gasteiger partial charge in [0.15, 0.2) is 5.65 Å². The minimum Gasteiger partial charge on any atom is -0.497 e. The average molecular weight is 433 g/mol. The molecule has 0 fully saturated rings. The van der Waals surface area contributed by atoms with Crippen molar-refractivity contribution in [3.05, 3.63) is 70.1 Å². The van der Waals surface area contributed by atoms with Gasteiger partial charge < -0.3 is 14.8 Å². The van der Waals surface area contributed by atoms with Crippen molar-refractivity contribution in [1.82, 2.24) is 19.4 Å². The molecule has 0 aliphatic carbocycles. The largest absolute Gasteiger partial charge is 0.497 e. The summed E-state index contributed by atoms with van der Waals surface area (Å²) in [7, 11) is 3.05. The Balaban J connectivity index is 1.58. The summed E-state index contributed by atoms with van der Waals surface area (Å²) in [6.45, 7) is 3.80. The summed E-state index contributed by atoms with van der Waals surface area (Å²) in [5.74, 6) is 0.653. The molecular formula is C23H23N5O4. The summed E-state index contributed by atoms with van der Waals surface area (Å²) < 4.78 is 12.7. The Kier molecular flexibility index (Phi) is 5.63. The highest BCUT2D eigenvalue weighted by atomic mass is 16.5. The van der Waals surface area contributed by atoms with Gasteiger partial charge >= 0.3 is 5.69 Å². The third-order valence-corrected chi connectivity index (χ3v) is 5.17. The molecule has 0 aliphatic rings. The van der Waals surface area contributed by atoms with E-state index < -0.39 is 11.6 Å². The van der Waals surface area contributed by atoms with E-state index in [0.29, 0.717) is 28.5 Å². The summed E-state index contributed by atoms with van der Waals surface area (Å²) in [5.41, 5.74) is 4.22. The van der Waals surface area contributed by atoms with E-state index in [0.717, 1.165) is 15.8 Å². The van der Waals surface area contributed by atoms with E-state index in [-0.39, 0.29) is 6.54 Å². The number of methoxy groups -OCH3 is 2. The van der Waals surface area contributed by atoms with Gasteiger partial charge in [0.05, 0.1) is 19.9 Å². The maximum Gasteiger partial charge on any atom is 0.367 e. The first-order chi connectivity index (χ1) is 15.4. The van der Waals surface area contributed by atoms with E-state index in [1.807, 2.05) is 32.0 Å². The number of rotatable bonds is 6. The van der Waals surface area contributed by atoms with E-state index in [4.69, 9.17) is 9.47 Å². The quantitative estimate of drug-likeness (QED) is 0.502. The minimum atomic E-state index is -0.496. The first-order valence-electron chi connectivity index (χ1n) is 9.95. The zero-order valence-corrected chi connectivity index (χ0v) is 18.2.